The van der Waals surface area contributed by atoms with E-state index in [1.807, 2.05) is 0 Å². The number of hydrogen-bond donors (Lipinski definition) is 4. The first-order chi connectivity index (χ1) is 18.1. The van der Waals surface area contributed by atoms with Crippen molar-refractivity contribution >= 4 is 39.4 Å². The van der Waals surface area contributed by atoms with Crippen LogP contribution in [0.15, 0.2) is 41.2 Å². The van der Waals surface area contributed by atoms with Crippen molar-refractivity contribution in [1.82, 2.24) is 5.32 Å². The molecule has 1 aromatic carbocycles. The van der Waals surface area contributed by atoms with Crippen LogP contribution in [0.25, 0.3) is 5.57 Å². The number of carbonyl (C=O) groups excluding carboxylic acids is 1. The van der Waals surface area contributed by atoms with E-state index < -0.39 is 24.0 Å². The smallest absolute Gasteiger partial charge is 0.280 e. The number of alkyl halides is 2. The largest absolute Gasteiger partial charge is 0.495 e. The second-order valence-corrected chi connectivity index (χ2v) is 9.95. The lowest BCUT2D eigenvalue weighted by molar-refractivity contribution is 0.100. The van der Waals surface area contributed by atoms with Gasteiger partial charge in [-0.2, -0.15) is 4.99 Å². The van der Waals surface area contributed by atoms with Gasteiger partial charge in [0.25, 0.3) is 12.3 Å². The molecule has 0 radical (unpaired) electrons. The van der Waals surface area contributed by atoms with Crippen molar-refractivity contribution in [3.8, 4) is 23.7 Å². The van der Waals surface area contributed by atoms with Crippen LogP contribution in [0.2, 0.25) is 0 Å². The SMILES string of the molecule is COC1=CNC(C(F)F)C=C1c1cc(CC(=N)OC2(C)C#C2)ccc1C(=O)N=C(N)SC(=N)C#CC1CC1.[HH]. The second kappa shape index (κ2) is 11.1. The molecule has 1 atom stereocenters. The summed E-state index contributed by atoms with van der Waals surface area (Å²) >= 11 is 0.766. The Morgan fingerprint density at radius 1 is 1.39 bits per heavy atom. The number of thioether (sulfide) groups is 1. The summed E-state index contributed by atoms with van der Waals surface area (Å²) in [4.78, 5) is 17.1. The predicted molar refractivity (Wildman–Crippen MR) is 145 cm³/mol. The molecule has 0 spiro atoms. The standard InChI is InChI=1S/C27H25F2N5O3S.H2/c1-27(9-10-27)37-22(30)12-16-5-7-17(25(35)34-26(32)38-23(31)8-6-15-3-4-15)18(11-16)19-13-20(24(28)29)33-14-21(19)36-2;/h5,7,11,13-15,20,24,30-31,33H,3-4,12H2,1-2H3,(H2,32,34,35);1H. The first kappa shape index (κ1) is 27.0. The Bertz CT molecular complexity index is 1410. The van der Waals surface area contributed by atoms with E-state index in [2.05, 4.69) is 34.0 Å². The lowest BCUT2D eigenvalue weighted by Crippen LogP contribution is -2.33. The minimum atomic E-state index is -2.71. The van der Waals surface area contributed by atoms with Crippen LogP contribution in [0, 0.1) is 40.4 Å². The fraction of sp³-hybridized carbons (Fsp3) is 0.333. The maximum Gasteiger partial charge on any atom is 0.280 e. The third-order valence-corrected chi connectivity index (χ3v) is 6.28. The number of halogens is 2. The summed E-state index contributed by atoms with van der Waals surface area (Å²) in [6, 6.07) is 3.41. The maximum atomic E-state index is 13.6. The van der Waals surface area contributed by atoms with Crippen LogP contribution in [-0.2, 0) is 15.9 Å². The molecule has 1 amide bonds. The number of amides is 1. The highest BCUT2D eigenvalue weighted by atomic mass is 32.2. The van der Waals surface area contributed by atoms with Crippen LogP contribution < -0.4 is 11.1 Å². The quantitative estimate of drug-likeness (QED) is 0.236. The molecule has 1 unspecified atom stereocenters. The predicted octanol–water partition coefficient (Wildman–Crippen LogP) is 3.93. The number of dihydropyridines is 1. The van der Waals surface area contributed by atoms with Crippen molar-refractivity contribution in [3.05, 3.63) is 52.9 Å². The zero-order chi connectivity index (χ0) is 27.4. The molecule has 38 heavy (non-hydrogen) atoms. The Balaban J connectivity index is 0.00000420. The molecule has 1 heterocycles. The van der Waals surface area contributed by atoms with Crippen LogP contribution in [0.3, 0.4) is 0 Å². The van der Waals surface area contributed by atoms with Crippen molar-refractivity contribution in [3.63, 3.8) is 0 Å². The van der Waals surface area contributed by atoms with E-state index in [1.165, 1.54) is 25.5 Å². The molecule has 5 N–H and O–H groups in total. The molecule has 1 fully saturated rings. The monoisotopic (exact) mass is 539 g/mol. The number of hydrogen-bond acceptors (Lipinski definition) is 7. The zero-order valence-electron chi connectivity index (χ0n) is 20.7. The van der Waals surface area contributed by atoms with Gasteiger partial charge < -0.3 is 20.5 Å². The molecule has 198 valence electrons. The van der Waals surface area contributed by atoms with E-state index in [1.54, 1.807) is 19.1 Å². The number of rotatable bonds is 7. The Morgan fingerprint density at radius 3 is 2.76 bits per heavy atom. The lowest BCUT2D eigenvalue weighted by atomic mass is 9.92. The molecule has 0 saturated heterocycles. The van der Waals surface area contributed by atoms with E-state index in [0.29, 0.717) is 11.5 Å². The normalized spacial score (nSPS) is 19.0. The Hall–Kier alpha value is -4.09. The van der Waals surface area contributed by atoms with Crippen molar-refractivity contribution in [2.24, 2.45) is 16.6 Å². The van der Waals surface area contributed by atoms with Crippen LogP contribution in [0.4, 0.5) is 8.78 Å². The van der Waals surface area contributed by atoms with Gasteiger partial charge in [-0.25, -0.2) is 8.78 Å². The highest BCUT2D eigenvalue weighted by Gasteiger charge is 2.31. The van der Waals surface area contributed by atoms with Crippen LogP contribution in [-0.4, -0.2) is 47.2 Å². The number of nitrogens with one attached hydrogen (secondary N) is 3. The van der Waals surface area contributed by atoms with Gasteiger partial charge in [0.15, 0.2) is 11.1 Å². The molecule has 2 aliphatic carbocycles. The van der Waals surface area contributed by atoms with E-state index in [0.717, 1.165) is 24.6 Å². The molecule has 1 aromatic rings. The van der Waals surface area contributed by atoms with Gasteiger partial charge in [0.05, 0.1) is 7.11 Å². The maximum absolute atomic E-state index is 13.6. The molecule has 0 aromatic heterocycles. The summed E-state index contributed by atoms with van der Waals surface area (Å²) in [5.74, 6) is 10.9. The van der Waals surface area contributed by atoms with E-state index in [9.17, 15) is 13.6 Å². The summed E-state index contributed by atoms with van der Waals surface area (Å²) in [6.45, 7) is 1.71. The topological polar surface area (TPSA) is 134 Å². The number of ether oxygens (including phenoxy) is 2. The van der Waals surface area contributed by atoms with Gasteiger partial charge in [-0.3, -0.25) is 15.6 Å². The zero-order valence-corrected chi connectivity index (χ0v) is 21.5. The first-order valence-corrected chi connectivity index (χ1v) is 12.5. The van der Waals surface area contributed by atoms with Crippen LogP contribution >= 0.6 is 11.8 Å². The van der Waals surface area contributed by atoms with Gasteiger partial charge in [-0.15, -0.1) is 0 Å². The third-order valence-electron chi connectivity index (χ3n) is 5.67. The van der Waals surface area contributed by atoms with Gasteiger partial charge in [-0.05, 0) is 78.6 Å². The minimum Gasteiger partial charge on any atom is -0.495 e. The molecular formula is C27H27F2N5O3S. The van der Waals surface area contributed by atoms with Crippen molar-refractivity contribution in [2.75, 3.05) is 7.11 Å². The number of methoxy groups -OCH3 is 1. The molecular weight excluding hydrogens is 512 g/mol. The average molecular weight is 540 g/mol. The molecule has 1 aliphatic heterocycles. The molecule has 11 heteroatoms. The lowest BCUT2D eigenvalue weighted by Gasteiger charge is -2.24. The van der Waals surface area contributed by atoms with Crippen LogP contribution in [0.1, 0.15) is 42.7 Å². The Morgan fingerprint density at radius 2 is 2.13 bits per heavy atom. The van der Waals surface area contributed by atoms with Gasteiger partial charge in [0.2, 0.25) is 5.60 Å². The summed E-state index contributed by atoms with van der Waals surface area (Å²) < 4.78 is 38.0. The molecule has 0 bridgehead atoms. The van der Waals surface area contributed by atoms with Gasteiger partial charge >= 0.3 is 0 Å². The molecule has 4 rings (SSSR count). The number of amidine groups is 1. The number of aliphatic imine (C=N–C) groups is 1. The van der Waals surface area contributed by atoms with E-state index >= 15 is 0 Å². The number of carbonyl (C=O) groups is 1. The fourth-order valence-electron chi connectivity index (χ4n) is 3.52. The number of nitrogens with two attached hydrogens (primary N) is 1. The Kier molecular flexibility index (Phi) is 7.88. The first-order valence-electron chi connectivity index (χ1n) is 11.7. The molecule has 8 nitrogen and oxygen atoms in total. The number of allylic oxidation sites excluding steroid dienone is 1. The van der Waals surface area contributed by atoms with Crippen molar-refractivity contribution in [1.29, 1.82) is 10.8 Å². The summed E-state index contributed by atoms with van der Waals surface area (Å²) in [5, 5.41) is 18.5. The fourth-order valence-corrected chi connectivity index (χ4v) is 3.97. The van der Waals surface area contributed by atoms with Crippen LogP contribution in [0.5, 0.6) is 0 Å². The number of nitrogens with zero attached hydrogens (tertiary/aromatic N) is 1. The van der Waals surface area contributed by atoms with Gasteiger partial charge in [0.1, 0.15) is 16.8 Å². The van der Waals surface area contributed by atoms with Crippen molar-refractivity contribution in [2.45, 2.75) is 44.3 Å². The highest BCUT2D eigenvalue weighted by Crippen LogP contribution is 2.32. The second-order valence-electron chi connectivity index (χ2n) is 8.92. The number of benzene rings is 1. The van der Waals surface area contributed by atoms with Gasteiger partial charge in [-0.1, -0.05) is 12.0 Å². The summed E-state index contributed by atoms with van der Waals surface area (Å²) in [5.41, 5.74) is 6.31. The highest BCUT2D eigenvalue weighted by molar-refractivity contribution is 8.26. The van der Waals surface area contributed by atoms with Gasteiger partial charge in [0, 0.05) is 31.1 Å². The summed E-state index contributed by atoms with van der Waals surface area (Å²) in [7, 11) is 1.39. The average Bonchev–Trinajstić information content (AvgIpc) is 3.80. The minimum absolute atomic E-state index is 0. The molecule has 3 aliphatic rings. The van der Waals surface area contributed by atoms with E-state index in [4.69, 9.17) is 26.0 Å². The molecule has 1 saturated carbocycles. The summed E-state index contributed by atoms with van der Waals surface area (Å²) in [6.07, 6.45) is 1.99. The third kappa shape index (κ3) is 7.02. The van der Waals surface area contributed by atoms with E-state index in [-0.39, 0.29) is 46.4 Å². The van der Waals surface area contributed by atoms with Crippen molar-refractivity contribution < 1.29 is 24.5 Å². The Labute approximate surface area is 224 Å².